The second-order valence-electron chi connectivity index (χ2n) is 4.69. The average molecular weight is 320 g/mol. The summed E-state index contributed by atoms with van der Waals surface area (Å²) >= 11 is 12.1. The Balaban J connectivity index is 2.12. The van der Waals surface area contributed by atoms with Crippen LogP contribution in [0.3, 0.4) is 0 Å². The molecule has 1 unspecified atom stereocenters. The second-order valence-corrected chi connectivity index (χ2v) is 5.51. The molecule has 20 heavy (non-hydrogen) atoms. The first-order chi connectivity index (χ1) is 9.72. The van der Waals surface area contributed by atoms with Crippen molar-refractivity contribution in [1.82, 2.24) is 5.32 Å². The van der Waals surface area contributed by atoms with Crippen LogP contribution >= 0.6 is 23.2 Å². The third kappa shape index (κ3) is 4.32. The quantitative estimate of drug-likeness (QED) is 0.816. The molecule has 1 aromatic rings. The van der Waals surface area contributed by atoms with E-state index < -0.39 is 0 Å². The molecule has 1 fully saturated rings. The standard InChI is InChI=1S/C14H19Cl2NO3/c15-12-2-1-10(7-13(12)16)11-8-17-3-5-20-14(11)9-19-6-4-18/h1-2,7,11,14,17-18H,3-6,8-9H2/t11?,14-/m1/s1. The van der Waals surface area contributed by atoms with Crippen LogP contribution in [0.25, 0.3) is 0 Å². The fourth-order valence-corrected chi connectivity index (χ4v) is 2.60. The number of rotatable bonds is 5. The van der Waals surface area contributed by atoms with Gasteiger partial charge in [0.05, 0.1) is 42.6 Å². The first-order valence-electron chi connectivity index (χ1n) is 6.68. The summed E-state index contributed by atoms with van der Waals surface area (Å²) in [6.07, 6.45) is -0.0613. The molecule has 0 saturated carbocycles. The van der Waals surface area contributed by atoms with Crippen LogP contribution in [0.15, 0.2) is 18.2 Å². The van der Waals surface area contributed by atoms with Crippen LogP contribution < -0.4 is 5.32 Å². The van der Waals surface area contributed by atoms with Gasteiger partial charge in [-0.2, -0.15) is 0 Å². The minimum Gasteiger partial charge on any atom is -0.394 e. The molecule has 1 aliphatic rings. The van der Waals surface area contributed by atoms with Gasteiger partial charge in [0, 0.05) is 19.0 Å². The van der Waals surface area contributed by atoms with Crippen molar-refractivity contribution >= 4 is 23.2 Å². The maximum absolute atomic E-state index is 8.79. The van der Waals surface area contributed by atoms with Gasteiger partial charge in [-0.05, 0) is 17.7 Å². The van der Waals surface area contributed by atoms with Gasteiger partial charge in [0.15, 0.2) is 0 Å². The number of aliphatic hydroxyl groups is 1. The lowest BCUT2D eigenvalue weighted by Gasteiger charge is -2.25. The summed E-state index contributed by atoms with van der Waals surface area (Å²) in [7, 11) is 0. The zero-order valence-electron chi connectivity index (χ0n) is 11.1. The third-order valence-corrected chi connectivity index (χ3v) is 4.05. The Hall–Kier alpha value is -0.360. The summed E-state index contributed by atoms with van der Waals surface area (Å²) in [5.41, 5.74) is 1.08. The van der Waals surface area contributed by atoms with E-state index in [1.807, 2.05) is 12.1 Å². The zero-order valence-corrected chi connectivity index (χ0v) is 12.7. The third-order valence-electron chi connectivity index (χ3n) is 3.31. The zero-order chi connectivity index (χ0) is 14.4. The Bertz CT molecular complexity index is 431. The topological polar surface area (TPSA) is 50.7 Å². The Morgan fingerprint density at radius 2 is 2.20 bits per heavy atom. The van der Waals surface area contributed by atoms with E-state index in [9.17, 15) is 0 Å². The van der Waals surface area contributed by atoms with Crippen molar-refractivity contribution in [2.75, 3.05) is 39.5 Å². The molecule has 2 atom stereocenters. The summed E-state index contributed by atoms with van der Waals surface area (Å²) < 4.78 is 11.3. The Morgan fingerprint density at radius 1 is 1.35 bits per heavy atom. The van der Waals surface area contributed by atoms with Gasteiger partial charge in [0.25, 0.3) is 0 Å². The van der Waals surface area contributed by atoms with E-state index in [0.29, 0.717) is 29.9 Å². The number of hydrogen-bond donors (Lipinski definition) is 2. The molecule has 1 saturated heterocycles. The van der Waals surface area contributed by atoms with E-state index in [0.717, 1.165) is 18.7 Å². The first kappa shape index (κ1) is 16.0. The summed E-state index contributed by atoms with van der Waals surface area (Å²) in [5.74, 6) is 0.144. The molecule has 4 nitrogen and oxygen atoms in total. The Kier molecular flexibility index (Phi) is 6.55. The Morgan fingerprint density at radius 3 is 2.95 bits per heavy atom. The summed E-state index contributed by atoms with van der Waals surface area (Å²) in [4.78, 5) is 0. The van der Waals surface area contributed by atoms with E-state index in [2.05, 4.69) is 5.32 Å². The fourth-order valence-electron chi connectivity index (χ4n) is 2.29. The van der Waals surface area contributed by atoms with Gasteiger partial charge in [0.2, 0.25) is 0 Å². The molecule has 0 bridgehead atoms. The van der Waals surface area contributed by atoms with E-state index >= 15 is 0 Å². The highest BCUT2D eigenvalue weighted by Gasteiger charge is 2.26. The first-order valence-corrected chi connectivity index (χ1v) is 7.44. The lowest BCUT2D eigenvalue weighted by atomic mass is 9.93. The molecule has 0 spiro atoms. The van der Waals surface area contributed by atoms with Gasteiger partial charge in [-0.1, -0.05) is 29.3 Å². The van der Waals surface area contributed by atoms with E-state index in [-0.39, 0.29) is 18.6 Å². The lowest BCUT2D eigenvalue weighted by Crippen LogP contribution is -2.31. The number of aliphatic hydroxyl groups excluding tert-OH is 1. The van der Waals surface area contributed by atoms with Gasteiger partial charge in [-0.25, -0.2) is 0 Å². The maximum Gasteiger partial charge on any atom is 0.0889 e. The molecular weight excluding hydrogens is 301 g/mol. The van der Waals surface area contributed by atoms with Gasteiger partial charge >= 0.3 is 0 Å². The predicted octanol–water partition coefficient (Wildman–Crippen LogP) is 2.07. The molecule has 0 aromatic heterocycles. The predicted molar refractivity (Wildman–Crippen MR) is 79.7 cm³/mol. The van der Waals surface area contributed by atoms with E-state index in [1.165, 1.54) is 0 Å². The molecule has 0 radical (unpaired) electrons. The molecule has 2 N–H and O–H groups in total. The van der Waals surface area contributed by atoms with Crippen molar-refractivity contribution in [3.05, 3.63) is 33.8 Å². The van der Waals surface area contributed by atoms with Crippen molar-refractivity contribution < 1.29 is 14.6 Å². The minimum absolute atomic E-state index is 0.0163. The van der Waals surface area contributed by atoms with E-state index in [1.54, 1.807) is 6.07 Å². The highest BCUT2D eigenvalue weighted by molar-refractivity contribution is 6.42. The van der Waals surface area contributed by atoms with Crippen LogP contribution in [0.5, 0.6) is 0 Å². The normalized spacial score (nSPS) is 23.6. The van der Waals surface area contributed by atoms with Crippen molar-refractivity contribution in [3.63, 3.8) is 0 Å². The molecule has 1 aliphatic heterocycles. The van der Waals surface area contributed by atoms with Gasteiger partial charge in [0.1, 0.15) is 0 Å². The SMILES string of the molecule is OCCOC[C@H]1OCCNCC1c1ccc(Cl)c(Cl)c1. The van der Waals surface area contributed by atoms with Crippen molar-refractivity contribution in [3.8, 4) is 0 Å². The lowest BCUT2D eigenvalue weighted by molar-refractivity contribution is -0.0262. The Labute approximate surface area is 129 Å². The summed E-state index contributed by atoms with van der Waals surface area (Å²) in [6, 6.07) is 5.65. The molecule has 0 aliphatic carbocycles. The van der Waals surface area contributed by atoms with Crippen LogP contribution in [0, 0.1) is 0 Å². The fraction of sp³-hybridized carbons (Fsp3) is 0.571. The second kappa shape index (κ2) is 8.17. The molecule has 1 aromatic carbocycles. The minimum atomic E-state index is -0.0613. The smallest absolute Gasteiger partial charge is 0.0889 e. The number of ether oxygens (including phenoxy) is 2. The van der Waals surface area contributed by atoms with Crippen LogP contribution in [0.2, 0.25) is 10.0 Å². The molecule has 0 amide bonds. The largest absolute Gasteiger partial charge is 0.394 e. The summed E-state index contributed by atoms with van der Waals surface area (Å²) in [5, 5.41) is 13.2. The van der Waals surface area contributed by atoms with Gasteiger partial charge in [-0.3, -0.25) is 0 Å². The number of benzene rings is 1. The van der Waals surface area contributed by atoms with Crippen LogP contribution in [-0.4, -0.2) is 50.7 Å². The maximum atomic E-state index is 8.79. The highest BCUT2D eigenvalue weighted by atomic mass is 35.5. The summed E-state index contributed by atoms with van der Waals surface area (Å²) in [6.45, 7) is 3.04. The average Bonchev–Trinajstić information content (AvgIpc) is 2.68. The number of halogens is 2. The van der Waals surface area contributed by atoms with Gasteiger partial charge in [-0.15, -0.1) is 0 Å². The highest BCUT2D eigenvalue weighted by Crippen LogP contribution is 2.29. The molecular formula is C14H19Cl2NO3. The number of hydrogen-bond acceptors (Lipinski definition) is 4. The van der Waals surface area contributed by atoms with E-state index in [4.69, 9.17) is 37.8 Å². The van der Waals surface area contributed by atoms with Gasteiger partial charge < -0.3 is 19.9 Å². The number of nitrogens with one attached hydrogen (secondary N) is 1. The van der Waals surface area contributed by atoms with Crippen LogP contribution in [0.1, 0.15) is 11.5 Å². The van der Waals surface area contributed by atoms with Crippen molar-refractivity contribution in [2.24, 2.45) is 0 Å². The molecule has 112 valence electrons. The molecule has 6 heteroatoms. The monoisotopic (exact) mass is 319 g/mol. The molecule has 2 rings (SSSR count). The van der Waals surface area contributed by atoms with Crippen molar-refractivity contribution in [2.45, 2.75) is 12.0 Å². The van der Waals surface area contributed by atoms with Crippen LogP contribution in [-0.2, 0) is 9.47 Å². The van der Waals surface area contributed by atoms with Crippen LogP contribution in [0.4, 0.5) is 0 Å². The van der Waals surface area contributed by atoms with Crippen molar-refractivity contribution in [1.29, 1.82) is 0 Å². The molecule has 1 heterocycles.